The maximum Gasteiger partial charge on any atom is 0.329 e. The number of allylic oxidation sites excluding steroid dienone is 5. The third-order valence-electron chi connectivity index (χ3n) is 16.9. The normalized spacial score (nSPS) is 35.3. The van der Waals surface area contributed by atoms with Crippen molar-refractivity contribution in [1.29, 1.82) is 0 Å². The molecular formula is C63H103NO17S. The lowest BCUT2D eigenvalue weighted by Gasteiger charge is -2.43. The zero-order valence-corrected chi connectivity index (χ0v) is 52.1. The number of amides is 1. The highest BCUT2D eigenvalue weighted by atomic mass is 32.1. The first-order valence-corrected chi connectivity index (χ1v) is 30.7. The average Bonchev–Trinajstić information content (AvgIpc) is 3.40. The van der Waals surface area contributed by atoms with Crippen LogP contribution in [0.4, 0.5) is 0 Å². The minimum absolute atomic E-state index is 0.00293. The number of methoxy groups -OCH3 is 3. The molecule has 3 aliphatic heterocycles. The molecule has 0 spiro atoms. The van der Waals surface area contributed by atoms with Gasteiger partial charge in [-0.05, 0) is 133 Å². The molecule has 18 nitrogen and oxygen atoms in total. The van der Waals surface area contributed by atoms with E-state index in [0.29, 0.717) is 134 Å². The lowest BCUT2D eigenvalue weighted by Crippen LogP contribution is -2.61. The number of piperidine rings is 1. The van der Waals surface area contributed by atoms with Gasteiger partial charge in [0.15, 0.2) is 10.8 Å². The quantitative estimate of drug-likeness (QED) is 0.0324. The topological polar surface area (TPSA) is 225 Å². The number of nitrogens with zero attached hydrogens (tertiary/aromatic N) is 1. The molecule has 3 heterocycles. The Bertz CT molecular complexity index is 2080. The number of carbonyl (C=O) groups excluding carboxylic acids is 4. The van der Waals surface area contributed by atoms with Crippen LogP contribution in [0.1, 0.15) is 145 Å². The molecule has 0 aromatic carbocycles. The highest BCUT2D eigenvalue weighted by Gasteiger charge is 2.53. The van der Waals surface area contributed by atoms with Gasteiger partial charge in [-0.1, -0.05) is 71.1 Å². The smallest absolute Gasteiger partial charge is 0.329 e. The van der Waals surface area contributed by atoms with Crippen LogP contribution >= 0.6 is 12.2 Å². The fourth-order valence-electron chi connectivity index (χ4n) is 11.7. The molecule has 2 saturated heterocycles. The van der Waals surface area contributed by atoms with E-state index < -0.39 is 83.9 Å². The van der Waals surface area contributed by atoms with Crippen LogP contribution in [0.2, 0.25) is 0 Å². The molecule has 82 heavy (non-hydrogen) atoms. The van der Waals surface area contributed by atoms with E-state index in [2.05, 4.69) is 0 Å². The minimum atomic E-state index is -2.44. The Hall–Kier alpha value is -3.31. The summed E-state index contributed by atoms with van der Waals surface area (Å²) in [6, 6.07) is -1.13. The van der Waals surface area contributed by atoms with Crippen molar-refractivity contribution in [1.82, 2.24) is 4.90 Å². The Morgan fingerprint density at radius 2 is 1.46 bits per heavy atom. The summed E-state index contributed by atoms with van der Waals surface area (Å²) in [5.74, 6) is -7.42. The van der Waals surface area contributed by atoms with Gasteiger partial charge in [0.2, 0.25) is 5.79 Å². The first-order valence-electron chi connectivity index (χ1n) is 30.3. The van der Waals surface area contributed by atoms with Crippen LogP contribution in [-0.2, 0) is 66.5 Å². The van der Waals surface area contributed by atoms with Crippen molar-refractivity contribution in [2.24, 2.45) is 35.5 Å². The Balaban J connectivity index is 1.53. The van der Waals surface area contributed by atoms with Crippen LogP contribution < -0.4 is 0 Å². The highest BCUT2D eigenvalue weighted by Crippen LogP contribution is 2.38. The molecule has 3 N–H and O–H groups in total. The Morgan fingerprint density at radius 3 is 2.12 bits per heavy atom. The van der Waals surface area contributed by atoms with E-state index in [-0.39, 0.29) is 55.1 Å². The SMILES string of the molecule is CCOCCOCCOCCOCCCC(=S)O[C@@H]1CC[C@@H](C[C@@H](C)[C@@H]2C[C@@H](O)[C@H](C)/C=C(\C)[C@@H](O)[C@@H](OC)C(=O)[C@H](C)C[C@H](C)/C=C/C=C/C=C(\C)[C@@H](OC)C[C@@H]3CC[C@@H](C)[C@@](O)(O3)C(=O)C(=O)N3CCCC[C@H]3C(=O)O2)C[C@H]1OC. The van der Waals surface area contributed by atoms with Crippen molar-refractivity contribution in [2.75, 3.05) is 80.7 Å². The van der Waals surface area contributed by atoms with Crippen molar-refractivity contribution < 1.29 is 81.9 Å². The number of cyclic esters (lactones) is 1. The van der Waals surface area contributed by atoms with Crippen LogP contribution in [0.3, 0.4) is 0 Å². The second-order valence-electron chi connectivity index (χ2n) is 23.4. The molecule has 4 rings (SSSR count). The molecule has 0 radical (unpaired) electrons. The summed E-state index contributed by atoms with van der Waals surface area (Å²) in [5.41, 5.74) is 1.32. The number of fused-ring (bicyclic) bond motifs is 3. The average molecular weight is 1180 g/mol. The summed E-state index contributed by atoms with van der Waals surface area (Å²) in [7, 11) is 4.64. The molecule has 1 aliphatic carbocycles. The highest BCUT2D eigenvalue weighted by molar-refractivity contribution is 7.80. The van der Waals surface area contributed by atoms with Crippen LogP contribution in [0.15, 0.2) is 47.6 Å². The number of ether oxygens (including phenoxy) is 10. The minimum Gasteiger partial charge on any atom is -0.481 e. The molecule has 19 heteroatoms. The number of aliphatic hydroxyl groups is 3. The van der Waals surface area contributed by atoms with Gasteiger partial charge < -0.3 is 67.6 Å². The maximum absolute atomic E-state index is 14.7. The molecule has 468 valence electrons. The van der Waals surface area contributed by atoms with Crippen molar-refractivity contribution >= 4 is 40.7 Å². The number of ketones is 2. The first kappa shape index (κ1) is 71.2. The number of Topliss-reactive ketones (excluding diaryl/α,β-unsaturated/α-hetero) is 2. The summed E-state index contributed by atoms with van der Waals surface area (Å²) < 4.78 is 58.5. The molecule has 0 unspecified atom stereocenters. The van der Waals surface area contributed by atoms with Crippen LogP contribution in [0, 0.1) is 35.5 Å². The van der Waals surface area contributed by atoms with Gasteiger partial charge in [0, 0.05) is 78.1 Å². The number of aliphatic hydroxyl groups excluding tert-OH is 2. The summed E-state index contributed by atoms with van der Waals surface area (Å²) in [6.45, 7) is 19.2. The van der Waals surface area contributed by atoms with E-state index in [4.69, 9.17) is 59.6 Å². The molecule has 0 aromatic rings. The van der Waals surface area contributed by atoms with Crippen LogP contribution in [-0.4, -0.2) is 190 Å². The second-order valence-corrected chi connectivity index (χ2v) is 23.8. The zero-order valence-electron chi connectivity index (χ0n) is 51.3. The van der Waals surface area contributed by atoms with Crippen LogP contribution in [0.25, 0.3) is 0 Å². The van der Waals surface area contributed by atoms with E-state index in [9.17, 15) is 34.5 Å². The van der Waals surface area contributed by atoms with E-state index in [1.54, 1.807) is 41.1 Å². The number of hydrogen-bond acceptors (Lipinski definition) is 18. The van der Waals surface area contributed by atoms with Gasteiger partial charge in [0.05, 0.1) is 64.1 Å². The number of carbonyl (C=O) groups is 4. The molecule has 4 aliphatic rings. The van der Waals surface area contributed by atoms with Crippen molar-refractivity contribution in [2.45, 2.75) is 206 Å². The number of hydrogen-bond donors (Lipinski definition) is 3. The second kappa shape index (κ2) is 37.3. The van der Waals surface area contributed by atoms with Gasteiger partial charge in [-0.2, -0.15) is 0 Å². The van der Waals surface area contributed by atoms with Gasteiger partial charge in [-0.15, -0.1) is 0 Å². The van der Waals surface area contributed by atoms with Crippen molar-refractivity contribution in [3.05, 3.63) is 47.6 Å². The molecule has 2 bridgehead atoms. The number of rotatable bonds is 21. The third-order valence-corrected chi connectivity index (χ3v) is 17.2. The Morgan fingerprint density at radius 1 is 0.780 bits per heavy atom. The Kier molecular flexibility index (Phi) is 32.4. The number of esters is 1. The summed E-state index contributed by atoms with van der Waals surface area (Å²) in [6.07, 6.45) is 12.5. The summed E-state index contributed by atoms with van der Waals surface area (Å²) in [5, 5.41) is 36.2. The van der Waals surface area contributed by atoms with Gasteiger partial charge in [-0.25, -0.2) is 4.79 Å². The Labute approximate surface area is 495 Å². The predicted molar refractivity (Wildman–Crippen MR) is 316 cm³/mol. The summed E-state index contributed by atoms with van der Waals surface area (Å²) in [4.78, 5) is 58.6. The monoisotopic (exact) mass is 1180 g/mol. The molecule has 0 aromatic heterocycles. The predicted octanol–water partition coefficient (Wildman–Crippen LogP) is 8.19. The molecule has 1 saturated carbocycles. The van der Waals surface area contributed by atoms with Crippen LogP contribution in [0.5, 0.6) is 0 Å². The maximum atomic E-state index is 14.7. The van der Waals surface area contributed by atoms with E-state index >= 15 is 0 Å². The van der Waals surface area contributed by atoms with Crippen molar-refractivity contribution in [3.8, 4) is 0 Å². The lowest BCUT2D eigenvalue weighted by molar-refractivity contribution is -0.265. The van der Waals surface area contributed by atoms with Gasteiger partial charge >= 0.3 is 5.97 Å². The first-order chi connectivity index (χ1) is 39.2. The molecule has 1 amide bonds. The van der Waals surface area contributed by atoms with Gasteiger partial charge in [-0.3, -0.25) is 14.4 Å². The zero-order chi connectivity index (χ0) is 60.4. The lowest BCUT2D eigenvalue weighted by atomic mass is 9.78. The summed E-state index contributed by atoms with van der Waals surface area (Å²) >= 11 is 5.67. The fraction of sp³-hybridized carbons (Fsp3) is 0.794. The van der Waals surface area contributed by atoms with Gasteiger partial charge in [0.1, 0.15) is 30.5 Å². The van der Waals surface area contributed by atoms with E-state index in [0.717, 1.165) is 12.0 Å². The van der Waals surface area contributed by atoms with Crippen molar-refractivity contribution in [3.63, 3.8) is 0 Å². The van der Waals surface area contributed by atoms with E-state index in [1.165, 1.54) is 12.0 Å². The fourth-order valence-corrected chi connectivity index (χ4v) is 12.0. The van der Waals surface area contributed by atoms with E-state index in [1.807, 2.05) is 65.0 Å². The number of thiocarbonyl (C=S) groups is 1. The molecule has 16 atom stereocenters. The van der Waals surface area contributed by atoms with Gasteiger partial charge in [0.25, 0.3) is 11.7 Å². The third kappa shape index (κ3) is 22.5. The standard InChI is InChI=1S/C63H103NO17S/c1-12-75-29-30-77-33-34-78-32-31-76-28-18-22-56(82)79-52-26-24-48(38-55(52)73-10)37-44(5)54-40-51(65)43(4)36-46(7)58(67)59(74-11)57(66)45(6)35-41(2)19-14-13-15-20-42(3)53(72-9)39-49-25-23-47(8)63(71,81-49)60(68)61(69)64-27-17-16-21-50(64)62(70)80-54/h13-15,19-20,36,41,43-45,47-55,58-59,65,67,71H,12,16-18,21-35,37-40H2,1-11H3/b15-13+,19-14+,42-20+,46-36+/t41-,43-,44-,45-,47-,48+,49+,50+,51-,52-,53+,54+,55-,58-,59+,63-/m1/s1. The largest absolute Gasteiger partial charge is 0.481 e. The molecular weight excluding hydrogens is 1070 g/mol. The molecule has 3 fully saturated rings.